The second kappa shape index (κ2) is 11.0. The van der Waals surface area contributed by atoms with Crippen molar-refractivity contribution in [1.29, 1.82) is 0 Å². The quantitative estimate of drug-likeness (QED) is 0.473. The van der Waals surface area contributed by atoms with Gasteiger partial charge in [-0.1, -0.05) is 55.5 Å². The second-order valence-electron chi connectivity index (χ2n) is 8.00. The zero-order valence-electron chi connectivity index (χ0n) is 18.4. The normalized spacial score (nSPS) is 15.5. The summed E-state index contributed by atoms with van der Waals surface area (Å²) >= 11 is 0. The number of hydrogen-bond donors (Lipinski definition) is 0. The molecule has 1 aliphatic rings. The lowest BCUT2D eigenvalue weighted by molar-refractivity contribution is 0.0375. The molecule has 2 aromatic heterocycles. The van der Waals surface area contributed by atoms with Gasteiger partial charge < -0.3 is 4.74 Å². The third-order valence-electron chi connectivity index (χ3n) is 5.72. The van der Waals surface area contributed by atoms with Gasteiger partial charge in [0, 0.05) is 36.6 Å². The van der Waals surface area contributed by atoms with Gasteiger partial charge >= 0.3 is 0 Å². The fourth-order valence-electron chi connectivity index (χ4n) is 3.90. The zero-order valence-corrected chi connectivity index (χ0v) is 18.4. The molecule has 3 heterocycles. The number of rotatable bonds is 9. The fourth-order valence-corrected chi connectivity index (χ4v) is 3.90. The van der Waals surface area contributed by atoms with Crippen LogP contribution in [0, 0.1) is 0 Å². The van der Waals surface area contributed by atoms with Crippen LogP contribution in [0.15, 0.2) is 67.2 Å². The van der Waals surface area contributed by atoms with E-state index in [0.29, 0.717) is 0 Å². The Balaban J connectivity index is 1.35. The van der Waals surface area contributed by atoms with Crippen LogP contribution in [-0.4, -0.2) is 52.3 Å². The van der Waals surface area contributed by atoms with Crippen LogP contribution in [0.3, 0.4) is 0 Å². The minimum absolute atomic E-state index is 0.836. The number of fused-ring (bicyclic) bond motifs is 1. The van der Waals surface area contributed by atoms with Crippen LogP contribution < -0.4 is 0 Å². The largest absolute Gasteiger partial charge is 0.379 e. The number of aryl methyl sites for hydroxylation is 1. The Hall–Kier alpha value is -2.76. The molecule has 4 rings (SSSR count). The summed E-state index contributed by atoms with van der Waals surface area (Å²) in [4.78, 5) is 7.18. The first-order valence-corrected chi connectivity index (χ1v) is 11.4. The second-order valence-corrected chi connectivity index (χ2v) is 8.00. The van der Waals surface area contributed by atoms with E-state index in [9.17, 15) is 0 Å². The monoisotopic (exact) mass is 416 g/mol. The van der Waals surface area contributed by atoms with Crippen LogP contribution in [0.5, 0.6) is 0 Å². The number of morpholine rings is 1. The summed E-state index contributed by atoms with van der Waals surface area (Å²) in [5, 5.41) is 4.51. The molecule has 0 spiro atoms. The summed E-state index contributed by atoms with van der Waals surface area (Å²) in [5.74, 6) is 0. The van der Waals surface area contributed by atoms with Gasteiger partial charge in [0.2, 0.25) is 0 Å². The average molecular weight is 417 g/mol. The van der Waals surface area contributed by atoms with Gasteiger partial charge in [0.05, 0.1) is 19.4 Å². The molecule has 5 nitrogen and oxygen atoms in total. The van der Waals surface area contributed by atoms with Crippen molar-refractivity contribution in [3.05, 3.63) is 78.3 Å². The molecule has 31 heavy (non-hydrogen) atoms. The van der Waals surface area contributed by atoms with Gasteiger partial charge in [0.25, 0.3) is 0 Å². The Morgan fingerprint density at radius 2 is 1.81 bits per heavy atom. The molecule has 0 unspecified atom stereocenters. The highest BCUT2D eigenvalue weighted by atomic mass is 16.5. The molecule has 1 aromatic carbocycles. The first-order chi connectivity index (χ1) is 15.3. The van der Waals surface area contributed by atoms with Crippen LogP contribution in [0.25, 0.3) is 16.8 Å². The Morgan fingerprint density at radius 1 is 1.00 bits per heavy atom. The molecule has 0 saturated carbocycles. The molecule has 1 aliphatic heterocycles. The molecule has 0 aliphatic carbocycles. The van der Waals surface area contributed by atoms with E-state index in [1.807, 2.05) is 16.9 Å². The number of benzene rings is 1. The minimum atomic E-state index is 0.836. The summed E-state index contributed by atoms with van der Waals surface area (Å²) in [6.45, 7) is 7.16. The Morgan fingerprint density at radius 3 is 2.61 bits per heavy atom. The lowest BCUT2D eigenvalue weighted by Gasteiger charge is -2.26. The van der Waals surface area contributed by atoms with Crippen molar-refractivity contribution in [3.63, 3.8) is 0 Å². The van der Waals surface area contributed by atoms with Gasteiger partial charge in [-0.05, 0) is 43.4 Å². The van der Waals surface area contributed by atoms with E-state index in [2.05, 4.69) is 76.7 Å². The maximum absolute atomic E-state index is 5.42. The molecule has 0 N–H and O–H groups in total. The molecule has 1 saturated heterocycles. The standard InChI is InChI=1S/C26H32N4O/c1-2-3-4-5-6-9-24-20-28-30-21-25(19-27-26(24)30)23-12-10-22(11-13-23)8-7-14-29-15-17-31-18-16-29/h3-6,10-13,19-21H,2,7-9,14-18H2,1H3/b4-3-,6-5-. The van der Waals surface area contributed by atoms with Gasteiger partial charge in [-0.2, -0.15) is 5.10 Å². The summed E-state index contributed by atoms with van der Waals surface area (Å²) in [6, 6.07) is 8.87. The van der Waals surface area contributed by atoms with Crippen molar-refractivity contribution in [2.24, 2.45) is 0 Å². The number of allylic oxidation sites excluding steroid dienone is 4. The number of nitrogens with zero attached hydrogens (tertiary/aromatic N) is 4. The maximum Gasteiger partial charge on any atom is 0.158 e. The third kappa shape index (κ3) is 5.90. The Labute approximate surface area is 185 Å². The lowest BCUT2D eigenvalue weighted by atomic mass is 10.0. The number of ether oxygens (including phenoxy) is 1. The number of hydrogen-bond acceptors (Lipinski definition) is 4. The lowest BCUT2D eigenvalue weighted by Crippen LogP contribution is -2.36. The van der Waals surface area contributed by atoms with Crippen molar-refractivity contribution in [2.45, 2.75) is 32.6 Å². The minimum Gasteiger partial charge on any atom is -0.379 e. The summed E-state index contributed by atoms with van der Waals surface area (Å²) in [7, 11) is 0. The van der Waals surface area contributed by atoms with Gasteiger partial charge in [0.15, 0.2) is 5.65 Å². The van der Waals surface area contributed by atoms with E-state index in [4.69, 9.17) is 4.74 Å². The third-order valence-corrected chi connectivity index (χ3v) is 5.72. The van der Waals surface area contributed by atoms with Crippen molar-refractivity contribution in [2.75, 3.05) is 32.8 Å². The van der Waals surface area contributed by atoms with Gasteiger partial charge in [0.1, 0.15) is 0 Å². The van der Waals surface area contributed by atoms with E-state index in [-0.39, 0.29) is 0 Å². The predicted molar refractivity (Wildman–Crippen MR) is 126 cm³/mol. The highest BCUT2D eigenvalue weighted by Crippen LogP contribution is 2.21. The molecule has 0 atom stereocenters. The highest BCUT2D eigenvalue weighted by Gasteiger charge is 2.10. The van der Waals surface area contributed by atoms with E-state index in [0.717, 1.165) is 68.9 Å². The van der Waals surface area contributed by atoms with E-state index < -0.39 is 0 Å². The van der Waals surface area contributed by atoms with Crippen LogP contribution >= 0.6 is 0 Å². The zero-order chi connectivity index (χ0) is 21.3. The molecule has 0 radical (unpaired) electrons. The summed E-state index contributed by atoms with van der Waals surface area (Å²) < 4.78 is 7.30. The molecule has 0 bridgehead atoms. The predicted octanol–water partition coefficient (Wildman–Crippen LogP) is 4.73. The summed E-state index contributed by atoms with van der Waals surface area (Å²) in [5.41, 5.74) is 5.71. The SMILES string of the molecule is CC/C=C\C=C/Cc1cnn2cc(-c3ccc(CCCN4CCOCC4)cc3)cnc12. The maximum atomic E-state index is 5.42. The first kappa shape index (κ1) is 21.5. The number of aromatic nitrogens is 3. The van der Waals surface area contributed by atoms with Gasteiger partial charge in [-0.3, -0.25) is 4.90 Å². The molecule has 5 heteroatoms. The van der Waals surface area contributed by atoms with Gasteiger partial charge in [-0.15, -0.1) is 0 Å². The molecule has 1 fully saturated rings. The first-order valence-electron chi connectivity index (χ1n) is 11.4. The molecule has 162 valence electrons. The van der Waals surface area contributed by atoms with Crippen LogP contribution in [0.1, 0.15) is 30.9 Å². The van der Waals surface area contributed by atoms with Crippen molar-refractivity contribution >= 4 is 5.65 Å². The fraction of sp³-hybridized carbons (Fsp3) is 0.385. The Kier molecular flexibility index (Phi) is 7.64. The molecule has 3 aromatic rings. The smallest absolute Gasteiger partial charge is 0.158 e. The van der Waals surface area contributed by atoms with Gasteiger partial charge in [-0.25, -0.2) is 9.50 Å². The molecular weight excluding hydrogens is 384 g/mol. The van der Waals surface area contributed by atoms with E-state index in [1.54, 1.807) is 0 Å². The molecular formula is C26H32N4O. The van der Waals surface area contributed by atoms with Crippen LogP contribution in [0.4, 0.5) is 0 Å². The van der Waals surface area contributed by atoms with Crippen molar-refractivity contribution < 1.29 is 4.74 Å². The Bertz CT molecular complexity index is 1010. The summed E-state index contributed by atoms with van der Waals surface area (Å²) in [6.07, 6.45) is 18.6. The van der Waals surface area contributed by atoms with Crippen molar-refractivity contribution in [3.8, 4) is 11.1 Å². The van der Waals surface area contributed by atoms with Crippen LogP contribution in [0.2, 0.25) is 0 Å². The van der Waals surface area contributed by atoms with E-state index >= 15 is 0 Å². The van der Waals surface area contributed by atoms with Crippen LogP contribution in [-0.2, 0) is 17.6 Å². The topological polar surface area (TPSA) is 42.7 Å². The highest BCUT2D eigenvalue weighted by molar-refractivity contribution is 5.64. The van der Waals surface area contributed by atoms with E-state index in [1.165, 1.54) is 17.5 Å². The molecule has 0 amide bonds. The van der Waals surface area contributed by atoms with Crippen molar-refractivity contribution in [1.82, 2.24) is 19.5 Å². The average Bonchev–Trinajstić information content (AvgIpc) is 3.22.